The largest absolute Gasteiger partial charge is 0.504 e. The van der Waals surface area contributed by atoms with Crippen LogP contribution in [0.15, 0.2) is 12.1 Å². The minimum Gasteiger partial charge on any atom is -0.504 e. The molecule has 1 saturated carbocycles. The van der Waals surface area contributed by atoms with Crippen LogP contribution in [-0.2, 0) is 6.54 Å². The van der Waals surface area contributed by atoms with Crippen LogP contribution in [0.1, 0.15) is 44.6 Å². The van der Waals surface area contributed by atoms with Crippen LogP contribution in [0.5, 0.6) is 11.5 Å². The van der Waals surface area contributed by atoms with Crippen molar-refractivity contribution in [1.82, 2.24) is 5.32 Å². The Morgan fingerprint density at radius 2 is 2.00 bits per heavy atom. The molecule has 0 atom stereocenters. The summed E-state index contributed by atoms with van der Waals surface area (Å²) in [5, 5.41) is 14.2. The summed E-state index contributed by atoms with van der Waals surface area (Å²) in [6.07, 6.45) is 6.24. The molecule has 1 aromatic rings. The minimum atomic E-state index is 0.167. The van der Waals surface area contributed by atoms with E-state index in [2.05, 4.69) is 12.2 Å². The maximum Gasteiger partial charge on any atom is 0.162 e. The Labute approximate surface area is 119 Å². The first-order valence-electron chi connectivity index (χ1n) is 6.84. The number of ether oxygens (including phenoxy) is 1. The molecule has 0 heterocycles. The normalized spacial score (nSPS) is 18.3. The van der Waals surface area contributed by atoms with Crippen LogP contribution >= 0.6 is 11.6 Å². The highest BCUT2D eigenvalue weighted by Crippen LogP contribution is 2.34. The van der Waals surface area contributed by atoms with Crippen LogP contribution in [0, 0.1) is 0 Å². The molecule has 1 aliphatic rings. The number of phenols is 1. The van der Waals surface area contributed by atoms with Gasteiger partial charge in [-0.1, -0.05) is 30.9 Å². The third-order valence-electron chi connectivity index (χ3n) is 4.00. The van der Waals surface area contributed by atoms with E-state index in [9.17, 15) is 5.11 Å². The lowest BCUT2D eigenvalue weighted by molar-refractivity contribution is 0.251. The van der Waals surface area contributed by atoms with Crippen molar-refractivity contribution in [1.29, 1.82) is 0 Å². The van der Waals surface area contributed by atoms with Gasteiger partial charge in [0.2, 0.25) is 0 Å². The average Bonchev–Trinajstić information content (AvgIpc) is 2.40. The van der Waals surface area contributed by atoms with E-state index in [-0.39, 0.29) is 11.3 Å². The molecule has 19 heavy (non-hydrogen) atoms. The van der Waals surface area contributed by atoms with Crippen molar-refractivity contribution in [2.75, 3.05) is 7.11 Å². The fourth-order valence-corrected chi connectivity index (χ4v) is 2.97. The molecule has 4 heteroatoms. The lowest BCUT2D eigenvalue weighted by Gasteiger charge is -2.35. The van der Waals surface area contributed by atoms with E-state index < -0.39 is 0 Å². The highest BCUT2D eigenvalue weighted by molar-refractivity contribution is 6.30. The van der Waals surface area contributed by atoms with Gasteiger partial charge in [-0.2, -0.15) is 0 Å². The van der Waals surface area contributed by atoms with E-state index >= 15 is 0 Å². The summed E-state index contributed by atoms with van der Waals surface area (Å²) < 4.78 is 5.12. The molecule has 0 unspecified atom stereocenters. The molecule has 2 N–H and O–H groups in total. The molecule has 2 rings (SSSR count). The molecule has 0 spiro atoms. The van der Waals surface area contributed by atoms with E-state index in [1.54, 1.807) is 12.1 Å². The van der Waals surface area contributed by atoms with Gasteiger partial charge in [0.1, 0.15) is 0 Å². The summed E-state index contributed by atoms with van der Waals surface area (Å²) in [5.74, 6) is 0.608. The topological polar surface area (TPSA) is 41.5 Å². The van der Waals surface area contributed by atoms with Gasteiger partial charge in [0.25, 0.3) is 0 Å². The van der Waals surface area contributed by atoms with Crippen LogP contribution in [0.2, 0.25) is 5.02 Å². The SMILES string of the molecule is COc1cc(Cl)cc(CNC2(C)CCCCC2)c1O. The lowest BCUT2D eigenvalue weighted by atomic mass is 9.83. The highest BCUT2D eigenvalue weighted by Gasteiger charge is 2.26. The first-order valence-corrected chi connectivity index (χ1v) is 7.22. The molecule has 0 radical (unpaired) electrons. The fourth-order valence-electron chi connectivity index (χ4n) is 2.74. The summed E-state index contributed by atoms with van der Waals surface area (Å²) in [6, 6.07) is 3.42. The van der Waals surface area contributed by atoms with Crippen molar-refractivity contribution in [2.24, 2.45) is 0 Å². The number of hydrogen-bond acceptors (Lipinski definition) is 3. The van der Waals surface area contributed by atoms with Crippen LogP contribution in [-0.4, -0.2) is 17.8 Å². The van der Waals surface area contributed by atoms with Gasteiger partial charge in [0.05, 0.1) is 7.11 Å². The molecule has 0 aliphatic heterocycles. The van der Waals surface area contributed by atoms with E-state index in [1.165, 1.54) is 39.2 Å². The lowest BCUT2D eigenvalue weighted by Crippen LogP contribution is -2.43. The molecule has 1 fully saturated rings. The van der Waals surface area contributed by atoms with Crippen molar-refractivity contribution < 1.29 is 9.84 Å². The van der Waals surface area contributed by atoms with Gasteiger partial charge in [0, 0.05) is 28.7 Å². The van der Waals surface area contributed by atoms with Gasteiger partial charge in [-0.3, -0.25) is 0 Å². The number of rotatable bonds is 4. The molecule has 1 aliphatic carbocycles. The maximum atomic E-state index is 10.1. The van der Waals surface area contributed by atoms with Crippen molar-refractivity contribution >= 4 is 11.6 Å². The molecular formula is C15H22ClNO2. The third kappa shape index (κ3) is 3.54. The number of nitrogens with one attached hydrogen (secondary N) is 1. The van der Waals surface area contributed by atoms with Crippen molar-refractivity contribution in [3.63, 3.8) is 0 Å². The average molecular weight is 284 g/mol. The van der Waals surface area contributed by atoms with Gasteiger partial charge in [-0.15, -0.1) is 0 Å². The molecule has 3 nitrogen and oxygen atoms in total. The summed E-state index contributed by atoms with van der Waals surface area (Å²) in [5.41, 5.74) is 0.955. The van der Waals surface area contributed by atoms with E-state index in [0.29, 0.717) is 17.3 Å². The number of phenolic OH excluding ortho intramolecular Hbond substituents is 1. The first kappa shape index (κ1) is 14.5. The second-order valence-electron chi connectivity index (χ2n) is 5.59. The van der Waals surface area contributed by atoms with Gasteiger partial charge >= 0.3 is 0 Å². The Morgan fingerprint density at radius 1 is 1.32 bits per heavy atom. The second-order valence-corrected chi connectivity index (χ2v) is 6.03. The molecular weight excluding hydrogens is 262 g/mol. The van der Waals surface area contributed by atoms with Crippen molar-refractivity contribution in [2.45, 2.75) is 51.1 Å². The van der Waals surface area contributed by atoms with Crippen LogP contribution < -0.4 is 10.1 Å². The Balaban J connectivity index is 2.08. The molecule has 0 aromatic heterocycles. The quantitative estimate of drug-likeness (QED) is 0.881. The van der Waals surface area contributed by atoms with E-state index in [1.807, 2.05) is 0 Å². The fraction of sp³-hybridized carbons (Fsp3) is 0.600. The van der Waals surface area contributed by atoms with E-state index in [4.69, 9.17) is 16.3 Å². The molecule has 0 saturated heterocycles. The molecule has 0 amide bonds. The summed E-state index contributed by atoms with van der Waals surface area (Å²) in [7, 11) is 1.53. The van der Waals surface area contributed by atoms with Gasteiger partial charge < -0.3 is 15.2 Å². The summed E-state index contributed by atoms with van der Waals surface area (Å²) >= 11 is 6.04. The predicted octanol–water partition coefficient (Wildman–Crippen LogP) is 3.87. The van der Waals surface area contributed by atoms with Gasteiger partial charge in [-0.05, 0) is 25.8 Å². The minimum absolute atomic E-state index is 0.167. The number of halogens is 1. The summed E-state index contributed by atoms with van der Waals surface area (Å²) in [4.78, 5) is 0. The number of hydrogen-bond donors (Lipinski definition) is 2. The van der Waals surface area contributed by atoms with Crippen LogP contribution in [0.4, 0.5) is 0 Å². The van der Waals surface area contributed by atoms with Crippen LogP contribution in [0.3, 0.4) is 0 Å². The van der Waals surface area contributed by atoms with Gasteiger partial charge in [-0.25, -0.2) is 0 Å². The maximum absolute atomic E-state index is 10.1. The van der Waals surface area contributed by atoms with Crippen LogP contribution in [0.25, 0.3) is 0 Å². The zero-order chi connectivity index (χ0) is 13.9. The molecule has 0 bridgehead atoms. The third-order valence-corrected chi connectivity index (χ3v) is 4.22. The number of benzene rings is 1. The Bertz CT molecular complexity index is 442. The number of methoxy groups -OCH3 is 1. The highest BCUT2D eigenvalue weighted by atomic mass is 35.5. The molecule has 1 aromatic carbocycles. The smallest absolute Gasteiger partial charge is 0.162 e. The first-order chi connectivity index (χ1) is 9.04. The van der Waals surface area contributed by atoms with Gasteiger partial charge in [0.15, 0.2) is 11.5 Å². The Kier molecular flexibility index (Phi) is 4.58. The second kappa shape index (κ2) is 6.02. The van der Waals surface area contributed by atoms with Crippen molar-refractivity contribution in [3.8, 4) is 11.5 Å². The van der Waals surface area contributed by atoms with E-state index in [0.717, 1.165) is 5.56 Å². The zero-order valence-corrected chi connectivity index (χ0v) is 12.4. The van der Waals surface area contributed by atoms with Crippen molar-refractivity contribution in [3.05, 3.63) is 22.7 Å². The Hall–Kier alpha value is -0.930. The zero-order valence-electron chi connectivity index (χ0n) is 11.6. The predicted molar refractivity (Wildman–Crippen MR) is 78.0 cm³/mol. The molecule has 106 valence electrons. The summed E-state index contributed by atoms with van der Waals surface area (Å²) in [6.45, 7) is 2.87. The Morgan fingerprint density at radius 3 is 2.63 bits per heavy atom. The number of aromatic hydroxyl groups is 1. The standard InChI is InChI=1S/C15H22ClNO2/c1-15(6-4-3-5-7-15)17-10-11-8-12(16)9-13(19-2)14(11)18/h8-9,17-18H,3-7,10H2,1-2H3. The monoisotopic (exact) mass is 283 g/mol.